The molecule has 0 unspecified atom stereocenters. The number of halogens is 1. The van der Waals surface area contributed by atoms with Crippen LogP contribution in [-0.2, 0) is 6.42 Å². The van der Waals surface area contributed by atoms with E-state index in [-0.39, 0.29) is 17.6 Å². The third kappa shape index (κ3) is 4.28. The lowest BCUT2D eigenvalue weighted by Gasteiger charge is -2.08. The number of phenolic OH excluding ortho intramolecular Hbond substituents is 1. The summed E-state index contributed by atoms with van der Waals surface area (Å²) in [5, 5.41) is 14.6. The van der Waals surface area contributed by atoms with Gasteiger partial charge in [0.2, 0.25) is 0 Å². The van der Waals surface area contributed by atoms with Crippen LogP contribution in [0.3, 0.4) is 0 Å². The highest BCUT2D eigenvalue weighted by Crippen LogP contribution is 2.14. The summed E-state index contributed by atoms with van der Waals surface area (Å²) in [6.45, 7) is 0.441. The zero-order valence-electron chi connectivity index (χ0n) is 10.8. The third-order valence-corrected chi connectivity index (χ3v) is 2.72. The van der Waals surface area contributed by atoms with Crippen LogP contribution < -0.4 is 10.6 Å². The van der Waals surface area contributed by atoms with Crippen molar-refractivity contribution >= 4 is 11.7 Å². The Hall–Kier alpha value is -2.56. The first-order valence-electron chi connectivity index (χ1n) is 6.22. The summed E-state index contributed by atoms with van der Waals surface area (Å²) in [6, 6.07) is 12.1. The molecule has 2 rings (SSSR count). The molecule has 0 aliphatic rings. The molecule has 2 aromatic carbocycles. The van der Waals surface area contributed by atoms with E-state index in [1.165, 1.54) is 24.3 Å². The number of amides is 2. The molecule has 3 N–H and O–H groups in total. The number of phenols is 1. The van der Waals surface area contributed by atoms with Gasteiger partial charge in [-0.2, -0.15) is 0 Å². The first-order valence-corrected chi connectivity index (χ1v) is 6.22. The molecule has 0 radical (unpaired) electrons. The molecule has 20 heavy (non-hydrogen) atoms. The highest BCUT2D eigenvalue weighted by molar-refractivity contribution is 5.89. The minimum atomic E-state index is -0.349. The summed E-state index contributed by atoms with van der Waals surface area (Å²) < 4.78 is 12.7. The van der Waals surface area contributed by atoms with Crippen molar-refractivity contribution in [2.75, 3.05) is 11.9 Å². The monoisotopic (exact) mass is 274 g/mol. The fraction of sp³-hybridized carbons (Fsp3) is 0.133. The Kier molecular flexibility index (Phi) is 4.55. The van der Waals surface area contributed by atoms with E-state index in [1.807, 2.05) is 0 Å². The highest BCUT2D eigenvalue weighted by Gasteiger charge is 2.02. The van der Waals surface area contributed by atoms with Crippen molar-refractivity contribution in [1.29, 1.82) is 0 Å². The summed E-state index contributed by atoms with van der Waals surface area (Å²) in [5.41, 5.74) is 1.47. The minimum absolute atomic E-state index is 0.0918. The third-order valence-electron chi connectivity index (χ3n) is 2.72. The van der Waals surface area contributed by atoms with Gasteiger partial charge in [0.25, 0.3) is 0 Å². The van der Waals surface area contributed by atoms with Gasteiger partial charge in [-0.25, -0.2) is 9.18 Å². The first-order chi connectivity index (χ1) is 9.63. The Labute approximate surface area is 116 Å². The molecule has 0 aliphatic heterocycles. The van der Waals surface area contributed by atoms with Gasteiger partial charge in [-0.1, -0.05) is 18.2 Å². The van der Waals surface area contributed by atoms with Gasteiger partial charge in [0.05, 0.1) is 0 Å². The molecular formula is C15H15FN2O2. The van der Waals surface area contributed by atoms with Gasteiger partial charge in [-0.05, 0) is 36.2 Å². The molecule has 5 heteroatoms. The molecule has 104 valence electrons. The Morgan fingerprint density at radius 1 is 1.15 bits per heavy atom. The van der Waals surface area contributed by atoms with Crippen molar-refractivity contribution in [1.82, 2.24) is 5.32 Å². The smallest absolute Gasteiger partial charge is 0.319 e. The minimum Gasteiger partial charge on any atom is -0.508 e. The number of carbonyl (C=O) groups excluding carboxylic acids is 1. The van der Waals surface area contributed by atoms with Gasteiger partial charge in [0.15, 0.2) is 0 Å². The van der Waals surface area contributed by atoms with E-state index in [4.69, 9.17) is 0 Å². The summed E-state index contributed by atoms with van der Waals surface area (Å²) in [5.74, 6) is -0.183. The number of anilines is 1. The number of hydrogen-bond acceptors (Lipinski definition) is 2. The second-order valence-electron chi connectivity index (χ2n) is 4.31. The zero-order valence-corrected chi connectivity index (χ0v) is 10.8. The number of hydrogen-bond donors (Lipinski definition) is 3. The van der Waals surface area contributed by atoms with Crippen LogP contribution in [0.2, 0.25) is 0 Å². The number of nitrogens with one attached hydrogen (secondary N) is 2. The Balaban J connectivity index is 1.76. The molecule has 0 bridgehead atoms. The van der Waals surface area contributed by atoms with Crippen molar-refractivity contribution in [3.05, 3.63) is 59.9 Å². The highest BCUT2D eigenvalue weighted by atomic mass is 19.1. The quantitative estimate of drug-likeness (QED) is 0.802. The van der Waals surface area contributed by atoms with Gasteiger partial charge in [-0.3, -0.25) is 0 Å². The largest absolute Gasteiger partial charge is 0.508 e. The van der Waals surface area contributed by atoms with Crippen molar-refractivity contribution in [3.8, 4) is 5.75 Å². The van der Waals surface area contributed by atoms with E-state index >= 15 is 0 Å². The molecule has 0 saturated carbocycles. The van der Waals surface area contributed by atoms with Gasteiger partial charge in [0, 0.05) is 18.3 Å². The van der Waals surface area contributed by atoms with Crippen molar-refractivity contribution < 1.29 is 14.3 Å². The van der Waals surface area contributed by atoms with Crippen LogP contribution in [-0.4, -0.2) is 17.7 Å². The second kappa shape index (κ2) is 6.56. The molecule has 2 amide bonds. The molecule has 0 saturated heterocycles. The molecule has 0 heterocycles. The zero-order chi connectivity index (χ0) is 14.4. The molecule has 0 fully saturated rings. The standard InChI is InChI=1S/C15H15FN2O2/c16-12-6-4-11(5-7-12)8-9-17-15(20)18-13-2-1-3-14(19)10-13/h1-7,10,19H,8-9H2,(H2,17,18,20). The van der Waals surface area contributed by atoms with Crippen molar-refractivity contribution in [2.45, 2.75) is 6.42 Å². The summed E-state index contributed by atoms with van der Waals surface area (Å²) in [7, 11) is 0. The lowest BCUT2D eigenvalue weighted by atomic mass is 10.1. The lowest BCUT2D eigenvalue weighted by molar-refractivity contribution is 0.252. The molecule has 0 aliphatic carbocycles. The van der Waals surface area contributed by atoms with Crippen LogP contribution in [0.4, 0.5) is 14.9 Å². The Bertz CT molecular complexity index is 585. The van der Waals surface area contributed by atoms with Gasteiger partial charge in [-0.15, -0.1) is 0 Å². The summed E-state index contributed by atoms with van der Waals surface area (Å²) in [4.78, 5) is 11.6. The van der Waals surface area contributed by atoms with Crippen LogP contribution in [0, 0.1) is 5.82 Å². The number of urea groups is 1. The molecule has 2 aromatic rings. The second-order valence-corrected chi connectivity index (χ2v) is 4.31. The number of carbonyl (C=O) groups is 1. The predicted octanol–water partition coefficient (Wildman–Crippen LogP) is 2.90. The van der Waals surface area contributed by atoms with Gasteiger partial charge < -0.3 is 15.7 Å². The normalized spacial score (nSPS) is 10.1. The van der Waals surface area contributed by atoms with Crippen LogP contribution in [0.15, 0.2) is 48.5 Å². The summed E-state index contributed by atoms with van der Waals surface area (Å²) >= 11 is 0. The van der Waals surface area contributed by atoms with Crippen molar-refractivity contribution in [2.24, 2.45) is 0 Å². The molecule has 0 aromatic heterocycles. The van der Waals surface area contributed by atoms with E-state index in [1.54, 1.807) is 24.3 Å². The van der Waals surface area contributed by atoms with Crippen LogP contribution in [0.1, 0.15) is 5.56 Å². The maximum absolute atomic E-state index is 12.7. The van der Waals surface area contributed by atoms with E-state index in [0.29, 0.717) is 18.7 Å². The van der Waals surface area contributed by atoms with Gasteiger partial charge in [0.1, 0.15) is 11.6 Å². The average Bonchev–Trinajstić information content (AvgIpc) is 2.41. The fourth-order valence-corrected chi connectivity index (χ4v) is 1.73. The fourth-order valence-electron chi connectivity index (χ4n) is 1.73. The Morgan fingerprint density at radius 2 is 1.90 bits per heavy atom. The maximum atomic E-state index is 12.7. The maximum Gasteiger partial charge on any atom is 0.319 e. The molecular weight excluding hydrogens is 259 g/mol. The van der Waals surface area contributed by atoms with E-state index in [2.05, 4.69) is 10.6 Å². The number of rotatable bonds is 4. The predicted molar refractivity (Wildman–Crippen MR) is 75.2 cm³/mol. The molecule has 4 nitrogen and oxygen atoms in total. The molecule has 0 atom stereocenters. The number of aromatic hydroxyl groups is 1. The molecule has 0 spiro atoms. The SMILES string of the molecule is O=C(NCCc1ccc(F)cc1)Nc1cccc(O)c1. The van der Waals surface area contributed by atoms with Crippen LogP contribution >= 0.6 is 0 Å². The lowest BCUT2D eigenvalue weighted by Crippen LogP contribution is -2.30. The first kappa shape index (κ1) is 13.9. The summed E-state index contributed by atoms with van der Waals surface area (Å²) in [6.07, 6.45) is 0.619. The average molecular weight is 274 g/mol. The topological polar surface area (TPSA) is 61.4 Å². The Morgan fingerprint density at radius 3 is 2.60 bits per heavy atom. The van der Waals surface area contributed by atoms with Gasteiger partial charge >= 0.3 is 6.03 Å². The van der Waals surface area contributed by atoms with E-state index < -0.39 is 0 Å². The van der Waals surface area contributed by atoms with E-state index in [0.717, 1.165) is 5.56 Å². The number of benzene rings is 2. The van der Waals surface area contributed by atoms with E-state index in [9.17, 15) is 14.3 Å². The van der Waals surface area contributed by atoms with Crippen LogP contribution in [0.25, 0.3) is 0 Å². The van der Waals surface area contributed by atoms with Crippen molar-refractivity contribution in [3.63, 3.8) is 0 Å². The van der Waals surface area contributed by atoms with Crippen LogP contribution in [0.5, 0.6) is 5.75 Å².